The maximum absolute atomic E-state index is 12.7. The number of hydrogen-bond donors (Lipinski definition) is 1. The molecule has 0 unspecified atom stereocenters. The molecule has 2 amide bonds. The summed E-state index contributed by atoms with van der Waals surface area (Å²) in [6, 6.07) is 24.2. The smallest absolute Gasteiger partial charge is 0.282 e. The van der Waals surface area contributed by atoms with Crippen LogP contribution >= 0.6 is 15.9 Å². The molecule has 0 saturated carbocycles. The number of rotatable bonds is 5. The van der Waals surface area contributed by atoms with Gasteiger partial charge >= 0.3 is 0 Å². The predicted molar refractivity (Wildman–Crippen MR) is 115 cm³/mol. The summed E-state index contributed by atoms with van der Waals surface area (Å²) in [5.74, 6) is -0.157. The van der Waals surface area contributed by atoms with Gasteiger partial charge in [0.05, 0.1) is 5.69 Å². The summed E-state index contributed by atoms with van der Waals surface area (Å²) in [6.07, 6.45) is 1.58. The van der Waals surface area contributed by atoms with E-state index in [-0.39, 0.29) is 11.5 Å². The zero-order valence-corrected chi connectivity index (χ0v) is 16.9. The summed E-state index contributed by atoms with van der Waals surface area (Å²) in [6.45, 7) is 0.425. The van der Waals surface area contributed by atoms with Crippen molar-refractivity contribution in [2.75, 3.05) is 5.01 Å². The van der Waals surface area contributed by atoms with Crippen LogP contribution in [0.25, 0.3) is 6.08 Å². The topological polar surface area (TPSA) is 58.6 Å². The van der Waals surface area contributed by atoms with Crippen LogP contribution in [0.15, 0.2) is 88.9 Å². The molecule has 0 bridgehead atoms. The number of benzene rings is 3. The summed E-state index contributed by atoms with van der Waals surface area (Å²) in [7, 11) is 0. The van der Waals surface area contributed by atoms with Crippen LogP contribution in [0, 0.1) is 0 Å². The highest BCUT2D eigenvalue weighted by Gasteiger charge is 2.34. The molecule has 29 heavy (non-hydrogen) atoms. The quantitative estimate of drug-likeness (QED) is 0.462. The minimum atomic E-state index is -0.431. The molecule has 0 radical (unpaired) electrons. The number of nitrogens with one attached hydrogen (secondary N) is 1. The fourth-order valence-electron chi connectivity index (χ4n) is 2.92. The lowest BCUT2D eigenvalue weighted by Gasteiger charge is -2.13. The van der Waals surface area contributed by atoms with Gasteiger partial charge in [-0.2, -0.15) is 0 Å². The van der Waals surface area contributed by atoms with Crippen LogP contribution in [0.4, 0.5) is 5.69 Å². The first kappa shape index (κ1) is 19.0. The van der Waals surface area contributed by atoms with Crippen LogP contribution in [0.1, 0.15) is 11.1 Å². The Morgan fingerprint density at radius 1 is 0.931 bits per heavy atom. The number of ether oxygens (including phenoxy) is 1. The van der Waals surface area contributed by atoms with Crippen molar-refractivity contribution >= 4 is 39.5 Å². The standard InChI is InChI=1S/C23H17BrN2O3/c24-18-11-9-16(10-12-18)15-29-20-8-4-5-17(13-20)14-21-22(27)25-26(23(21)28)19-6-2-1-3-7-19/h1-14H,15H2,(H,25,27). The summed E-state index contributed by atoms with van der Waals surface area (Å²) in [4.78, 5) is 25.0. The number of carbonyl (C=O) groups is 2. The minimum absolute atomic E-state index is 0.0823. The molecule has 3 aromatic carbocycles. The fourth-order valence-corrected chi connectivity index (χ4v) is 3.19. The highest BCUT2D eigenvalue weighted by molar-refractivity contribution is 9.10. The van der Waals surface area contributed by atoms with E-state index in [4.69, 9.17) is 4.74 Å². The first-order valence-electron chi connectivity index (χ1n) is 9.00. The van der Waals surface area contributed by atoms with E-state index >= 15 is 0 Å². The lowest BCUT2D eigenvalue weighted by molar-refractivity contribution is -0.117. The van der Waals surface area contributed by atoms with E-state index in [0.717, 1.165) is 10.0 Å². The van der Waals surface area contributed by atoms with Crippen molar-refractivity contribution in [3.8, 4) is 5.75 Å². The lowest BCUT2D eigenvalue weighted by Crippen LogP contribution is -2.35. The number of halogens is 1. The molecule has 0 spiro atoms. The minimum Gasteiger partial charge on any atom is -0.489 e. The summed E-state index contributed by atoms with van der Waals surface area (Å²) >= 11 is 3.41. The van der Waals surface area contributed by atoms with Crippen LogP contribution in [-0.4, -0.2) is 11.8 Å². The third-order valence-electron chi connectivity index (χ3n) is 4.39. The Kier molecular flexibility index (Phi) is 5.44. The number of hydrogen-bond acceptors (Lipinski definition) is 3. The third kappa shape index (κ3) is 4.38. The molecule has 1 aliphatic heterocycles. The van der Waals surface area contributed by atoms with Gasteiger partial charge in [-0.05, 0) is 53.6 Å². The zero-order chi connectivity index (χ0) is 20.2. The molecule has 1 heterocycles. The highest BCUT2D eigenvalue weighted by atomic mass is 79.9. The van der Waals surface area contributed by atoms with Gasteiger partial charge in [-0.25, -0.2) is 5.01 Å². The van der Waals surface area contributed by atoms with Crippen molar-refractivity contribution in [1.29, 1.82) is 0 Å². The number of hydrazine groups is 1. The molecule has 0 aliphatic carbocycles. The summed E-state index contributed by atoms with van der Waals surface area (Å²) < 4.78 is 6.85. The van der Waals surface area contributed by atoms with Crippen molar-refractivity contribution in [2.45, 2.75) is 6.61 Å². The van der Waals surface area contributed by atoms with Gasteiger partial charge in [0, 0.05) is 4.47 Å². The van der Waals surface area contributed by atoms with Crippen molar-refractivity contribution in [1.82, 2.24) is 5.43 Å². The lowest BCUT2D eigenvalue weighted by atomic mass is 10.1. The Hall–Kier alpha value is -3.38. The molecular formula is C23H17BrN2O3. The first-order chi connectivity index (χ1) is 14.1. The summed E-state index contributed by atoms with van der Waals surface area (Å²) in [5.41, 5.74) is 5.05. The van der Waals surface area contributed by atoms with E-state index in [2.05, 4.69) is 21.4 Å². The van der Waals surface area contributed by atoms with Crippen molar-refractivity contribution in [3.63, 3.8) is 0 Å². The number of para-hydroxylation sites is 1. The van der Waals surface area contributed by atoms with Gasteiger partial charge in [-0.15, -0.1) is 0 Å². The average molecular weight is 449 g/mol. The second-order valence-corrected chi connectivity index (χ2v) is 7.38. The maximum Gasteiger partial charge on any atom is 0.282 e. The van der Waals surface area contributed by atoms with Gasteiger partial charge in [-0.1, -0.05) is 58.4 Å². The SMILES string of the molecule is O=C1NN(c2ccccc2)C(=O)C1=Cc1cccc(OCc2ccc(Br)cc2)c1. The van der Waals surface area contributed by atoms with Crippen LogP contribution in [0.5, 0.6) is 5.75 Å². The largest absolute Gasteiger partial charge is 0.489 e. The van der Waals surface area contributed by atoms with E-state index in [0.29, 0.717) is 23.6 Å². The molecule has 1 N–H and O–H groups in total. The van der Waals surface area contributed by atoms with Crippen molar-refractivity contribution in [2.24, 2.45) is 0 Å². The second-order valence-electron chi connectivity index (χ2n) is 6.46. The van der Waals surface area contributed by atoms with Gasteiger partial charge in [-0.3, -0.25) is 15.0 Å². The van der Waals surface area contributed by atoms with E-state index in [9.17, 15) is 9.59 Å². The zero-order valence-electron chi connectivity index (χ0n) is 15.3. The predicted octanol–water partition coefficient (Wildman–Crippen LogP) is 4.49. The molecule has 5 nitrogen and oxygen atoms in total. The Labute approximate surface area is 176 Å². The number of amides is 2. The van der Waals surface area contributed by atoms with Gasteiger partial charge in [0.1, 0.15) is 17.9 Å². The van der Waals surface area contributed by atoms with Gasteiger partial charge in [0.2, 0.25) is 0 Å². The Morgan fingerprint density at radius 3 is 2.45 bits per heavy atom. The van der Waals surface area contributed by atoms with E-state index in [1.165, 1.54) is 5.01 Å². The monoisotopic (exact) mass is 448 g/mol. The summed E-state index contributed by atoms with van der Waals surface area (Å²) in [5, 5.41) is 1.25. The third-order valence-corrected chi connectivity index (χ3v) is 4.92. The van der Waals surface area contributed by atoms with Gasteiger partial charge in [0.25, 0.3) is 11.8 Å². The second kappa shape index (κ2) is 8.32. The maximum atomic E-state index is 12.7. The molecule has 0 atom stereocenters. The average Bonchev–Trinajstić information content (AvgIpc) is 3.03. The Bertz CT molecular complexity index is 1080. The van der Waals surface area contributed by atoms with Crippen molar-refractivity contribution < 1.29 is 14.3 Å². The number of anilines is 1. The van der Waals surface area contributed by atoms with Crippen LogP contribution in [-0.2, 0) is 16.2 Å². The van der Waals surface area contributed by atoms with Crippen molar-refractivity contribution in [3.05, 3.63) is 100 Å². The van der Waals surface area contributed by atoms with Gasteiger partial charge in [0.15, 0.2) is 0 Å². The molecule has 1 aliphatic rings. The normalized spacial score (nSPS) is 14.9. The van der Waals surface area contributed by atoms with E-state index in [1.807, 2.05) is 60.7 Å². The van der Waals surface area contributed by atoms with E-state index < -0.39 is 5.91 Å². The van der Waals surface area contributed by atoms with Crippen LogP contribution in [0.2, 0.25) is 0 Å². The molecule has 4 rings (SSSR count). The molecule has 1 fully saturated rings. The molecule has 1 saturated heterocycles. The van der Waals surface area contributed by atoms with Crippen LogP contribution in [0.3, 0.4) is 0 Å². The Balaban J connectivity index is 1.50. The fraction of sp³-hybridized carbons (Fsp3) is 0.0435. The number of carbonyl (C=O) groups excluding carboxylic acids is 2. The molecular weight excluding hydrogens is 432 g/mol. The Morgan fingerprint density at radius 2 is 1.69 bits per heavy atom. The number of nitrogens with zero attached hydrogens (tertiary/aromatic N) is 1. The first-order valence-corrected chi connectivity index (χ1v) is 9.79. The molecule has 0 aromatic heterocycles. The molecule has 144 valence electrons. The highest BCUT2D eigenvalue weighted by Crippen LogP contribution is 2.23. The van der Waals surface area contributed by atoms with E-state index in [1.54, 1.807) is 24.3 Å². The molecule has 6 heteroatoms. The molecule has 3 aromatic rings. The van der Waals surface area contributed by atoms with Gasteiger partial charge < -0.3 is 4.74 Å². The van der Waals surface area contributed by atoms with Crippen LogP contribution < -0.4 is 15.2 Å².